The van der Waals surface area contributed by atoms with Gasteiger partial charge in [-0.15, -0.1) is 22.7 Å². The Labute approximate surface area is 197 Å². The van der Waals surface area contributed by atoms with Crippen molar-refractivity contribution in [2.75, 3.05) is 5.32 Å². The molecule has 0 aliphatic heterocycles. The molecule has 0 atom stereocenters. The second-order valence-corrected chi connectivity index (χ2v) is 10.9. The van der Waals surface area contributed by atoms with Crippen LogP contribution in [0.3, 0.4) is 0 Å². The molecular formula is C23H16ClN3OS3. The third kappa shape index (κ3) is 5.03. The van der Waals surface area contributed by atoms with Crippen LogP contribution in [0.2, 0.25) is 5.02 Å². The Bertz CT molecular complexity index is 1240. The Kier molecular flexibility index (Phi) is 6.80. The van der Waals surface area contributed by atoms with Crippen molar-refractivity contribution in [1.82, 2.24) is 0 Å². The average Bonchev–Trinajstić information content (AvgIpc) is 3.36. The first-order valence-electron chi connectivity index (χ1n) is 9.58. The molecule has 31 heavy (non-hydrogen) atoms. The number of anilines is 1. The van der Waals surface area contributed by atoms with Crippen LogP contribution in [0.5, 0.6) is 0 Å². The Hall–Kier alpha value is -2.55. The molecule has 2 aromatic heterocycles. The van der Waals surface area contributed by atoms with E-state index in [0.717, 1.165) is 45.2 Å². The highest BCUT2D eigenvalue weighted by Gasteiger charge is 2.22. The quantitative estimate of drug-likeness (QED) is 0.317. The summed E-state index contributed by atoms with van der Waals surface area (Å²) in [5.41, 5.74) is 1.61. The van der Waals surface area contributed by atoms with E-state index >= 15 is 0 Å². The van der Waals surface area contributed by atoms with Gasteiger partial charge >= 0.3 is 0 Å². The van der Waals surface area contributed by atoms with E-state index in [9.17, 15) is 15.3 Å². The molecule has 0 fully saturated rings. The largest absolute Gasteiger partial charge is 0.312 e. The average molecular weight is 482 g/mol. The third-order valence-electron chi connectivity index (χ3n) is 4.80. The molecule has 1 amide bonds. The number of rotatable bonds is 5. The lowest BCUT2D eigenvalue weighted by Gasteiger charge is -2.09. The number of fused-ring (bicyclic) bond motifs is 1. The molecule has 2 heterocycles. The fourth-order valence-electron chi connectivity index (χ4n) is 3.32. The van der Waals surface area contributed by atoms with Gasteiger partial charge in [0.15, 0.2) is 0 Å². The zero-order valence-electron chi connectivity index (χ0n) is 16.3. The molecule has 4 nitrogen and oxygen atoms in total. The number of benzene rings is 1. The molecule has 1 N–H and O–H groups in total. The number of nitrogens with one attached hydrogen (secondary N) is 1. The van der Waals surface area contributed by atoms with E-state index in [-0.39, 0.29) is 5.57 Å². The molecule has 1 aliphatic rings. The maximum Gasteiger partial charge on any atom is 0.267 e. The number of carbonyl (C=O) groups is 1. The minimum atomic E-state index is -0.488. The summed E-state index contributed by atoms with van der Waals surface area (Å²) >= 11 is 10.5. The van der Waals surface area contributed by atoms with Crippen molar-refractivity contribution in [3.63, 3.8) is 0 Å². The van der Waals surface area contributed by atoms with E-state index in [1.54, 1.807) is 17.8 Å². The number of hydrogen-bond donors (Lipinski definition) is 1. The molecule has 0 saturated heterocycles. The first-order chi connectivity index (χ1) is 15.1. The summed E-state index contributed by atoms with van der Waals surface area (Å²) in [5.74, 6) is -0.488. The third-order valence-corrected chi connectivity index (χ3v) is 8.43. The fourth-order valence-corrected chi connectivity index (χ4v) is 6.75. The first-order valence-corrected chi connectivity index (χ1v) is 12.4. The molecule has 4 rings (SSSR count). The fraction of sp³-hybridized carbons (Fsp3) is 0.174. The number of carbonyl (C=O) groups excluding carboxylic acids is 1. The van der Waals surface area contributed by atoms with E-state index in [1.165, 1.54) is 27.6 Å². The number of hydrogen-bond acceptors (Lipinski definition) is 6. The van der Waals surface area contributed by atoms with Crippen LogP contribution in [-0.2, 0) is 17.6 Å². The monoisotopic (exact) mass is 481 g/mol. The van der Waals surface area contributed by atoms with Crippen molar-refractivity contribution in [2.24, 2.45) is 0 Å². The van der Waals surface area contributed by atoms with Crippen LogP contribution in [0.1, 0.15) is 33.7 Å². The van der Waals surface area contributed by atoms with Crippen LogP contribution in [-0.4, -0.2) is 5.91 Å². The summed E-state index contributed by atoms with van der Waals surface area (Å²) in [6, 6.07) is 15.6. The minimum absolute atomic E-state index is 0.0140. The number of nitriles is 2. The van der Waals surface area contributed by atoms with Crippen LogP contribution in [0.15, 0.2) is 51.1 Å². The molecule has 8 heteroatoms. The molecule has 1 aliphatic carbocycles. The van der Waals surface area contributed by atoms with E-state index in [1.807, 2.05) is 42.5 Å². The zero-order chi connectivity index (χ0) is 21.8. The van der Waals surface area contributed by atoms with Crippen molar-refractivity contribution >= 4 is 63.0 Å². The lowest BCUT2D eigenvalue weighted by Crippen LogP contribution is -2.13. The van der Waals surface area contributed by atoms with Crippen LogP contribution in [0, 0.1) is 22.7 Å². The molecule has 0 bridgehead atoms. The molecular weight excluding hydrogens is 466 g/mol. The number of thiophene rings is 2. The van der Waals surface area contributed by atoms with Gasteiger partial charge in [-0.1, -0.05) is 23.4 Å². The zero-order valence-corrected chi connectivity index (χ0v) is 19.5. The van der Waals surface area contributed by atoms with E-state index in [2.05, 4.69) is 11.4 Å². The van der Waals surface area contributed by atoms with Crippen LogP contribution in [0.25, 0.3) is 6.08 Å². The molecule has 0 unspecified atom stereocenters. The molecule has 0 spiro atoms. The van der Waals surface area contributed by atoms with Gasteiger partial charge < -0.3 is 5.32 Å². The number of halogens is 1. The number of nitrogens with zero attached hydrogens (tertiary/aromatic N) is 2. The van der Waals surface area contributed by atoms with Gasteiger partial charge in [-0.2, -0.15) is 10.5 Å². The van der Waals surface area contributed by atoms with Gasteiger partial charge in [-0.3, -0.25) is 4.79 Å². The summed E-state index contributed by atoms with van der Waals surface area (Å²) in [6.07, 6.45) is 5.56. The Morgan fingerprint density at radius 3 is 2.61 bits per heavy atom. The lowest BCUT2D eigenvalue weighted by atomic mass is 9.96. The molecule has 3 aromatic rings. The standard InChI is InChI=1S/C23H16ClN3OS3/c24-15-5-7-16(8-6-15)29-21-10-9-17(30-21)11-14(12-25)22(28)27-23-19(13-26)18-3-1-2-4-20(18)31-23/h5-11H,1-4H2,(H,27,28)/b14-11+. The highest BCUT2D eigenvalue weighted by atomic mass is 35.5. The lowest BCUT2D eigenvalue weighted by molar-refractivity contribution is -0.112. The number of amides is 1. The van der Waals surface area contributed by atoms with Crippen LogP contribution < -0.4 is 5.32 Å². The highest BCUT2D eigenvalue weighted by Crippen LogP contribution is 2.38. The normalized spacial score (nSPS) is 13.2. The smallest absolute Gasteiger partial charge is 0.267 e. The molecule has 1 aromatic carbocycles. The Morgan fingerprint density at radius 2 is 1.87 bits per heavy atom. The summed E-state index contributed by atoms with van der Waals surface area (Å²) in [7, 11) is 0. The van der Waals surface area contributed by atoms with E-state index < -0.39 is 5.91 Å². The van der Waals surface area contributed by atoms with Gasteiger partial charge in [0.1, 0.15) is 22.7 Å². The summed E-state index contributed by atoms with van der Waals surface area (Å²) < 4.78 is 1.05. The van der Waals surface area contributed by atoms with E-state index in [4.69, 9.17) is 11.6 Å². The van der Waals surface area contributed by atoms with Crippen LogP contribution >= 0.6 is 46.0 Å². The van der Waals surface area contributed by atoms with Crippen molar-refractivity contribution in [1.29, 1.82) is 10.5 Å². The van der Waals surface area contributed by atoms with Crippen LogP contribution in [0.4, 0.5) is 5.00 Å². The number of aryl methyl sites for hydroxylation is 1. The second kappa shape index (κ2) is 9.72. The predicted octanol–water partition coefficient (Wildman–Crippen LogP) is 6.91. The molecule has 0 radical (unpaired) electrons. The maximum absolute atomic E-state index is 12.7. The van der Waals surface area contributed by atoms with Gasteiger partial charge in [-0.05, 0) is 73.7 Å². The molecule has 0 saturated carbocycles. The van der Waals surface area contributed by atoms with Crippen molar-refractivity contribution in [2.45, 2.75) is 34.8 Å². The van der Waals surface area contributed by atoms with E-state index in [0.29, 0.717) is 15.6 Å². The SMILES string of the molecule is N#C/C(=C\c1ccc(Sc2ccc(Cl)cc2)s1)C(=O)Nc1sc2c(c1C#N)CCCC2. The molecule has 154 valence electrons. The summed E-state index contributed by atoms with van der Waals surface area (Å²) in [4.78, 5) is 15.8. The second-order valence-electron chi connectivity index (χ2n) is 6.86. The summed E-state index contributed by atoms with van der Waals surface area (Å²) in [5, 5.41) is 23.1. The predicted molar refractivity (Wildman–Crippen MR) is 128 cm³/mol. The topological polar surface area (TPSA) is 76.7 Å². The highest BCUT2D eigenvalue weighted by molar-refractivity contribution is 8.01. The first kappa shape index (κ1) is 21.7. The van der Waals surface area contributed by atoms with Crippen molar-refractivity contribution < 1.29 is 4.79 Å². The van der Waals surface area contributed by atoms with Crippen molar-refractivity contribution in [3.05, 3.63) is 67.9 Å². The Balaban J connectivity index is 1.50. The van der Waals surface area contributed by atoms with Crippen molar-refractivity contribution in [3.8, 4) is 12.1 Å². The van der Waals surface area contributed by atoms with Gasteiger partial charge in [-0.25, -0.2) is 0 Å². The van der Waals surface area contributed by atoms with Gasteiger partial charge in [0.2, 0.25) is 0 Å². The van der Waals surface area contributed by atoms with Gasteiger partial charge in [0, 0.05) is 19.7 Å². The summed E-state index contributed by atoms with van der Waals surface area (Å²) in [6.45, 7) is 0. The minimum Gasteiger partial charge on any atom is -0.312 e. The van der Waals surface area contributed by atoms with Gasteiger partial charge in [0.25, 0.3) is 5.91 Å². The Morgan fingerprint density at radius 1 is 1.10 bits per heavy atom. The van der Waals surface area contributed by atoms with Gasteiger partial charge in [0.05, 0.1) is 9.77 Å². The maximum atomic E-state index is 12.7.